The van der Waals surface area contributed by atoms with E-state index in [0.717, 1.165) is 6.42 Å². The molecule has 1 saturated carbocycles. The third kappa shape index (κ3) is 1.81. The first-order valence-corrected chi connectivity index (χ1v) is 5.96. The minimum absolute atomic E-state index is 0.0273. The molecule has 15 heavy (non-hydrogen) atoms. The smallest absolute Gasteiger partial charge is 0.0530 e. The highest BCUT2D eigenvalue weighted by Crippen LogP contribution is 2.43. The molecule has 2 atom stereocenters. The first kappa shape index (κ1) is 10.7. The molecule has 1 aliphatic carbocycles. The largest absolute Gasteiger partial charge is 0.395 e. The van der Waals surface area contributed by atoms with Gasteiger partial charge in [0, 0.05) is 5.41 Å². The monoisotopic (exact) mass is 204 g/mol. The number of aliphatic hydroxyl groups excluding tert-OH is 1. The van der Waals surface area contributed by atoms with Crippen molar-refractivity contribution in [1.82, 2.24) is 0 Å². The van der Waals surface area contributed by atoms with Crippen LogP contribution in [-0.4, -0.2) is 11.7 Å². The lowest BCUT2D eigenvalue weighted by atomic mass is 9.64. The van der Waals surface area contributed by atoms with Crippen LogP contribution in [0.5, 0.6) is 0 Å². The average molecular weight is 204 g/mol. The van der Waals surface area contributed by atoms with Crippen LogP contribution >= 0.6 is 0 Å². The van der Waals surface area contributed by atoms with Crippen LogP contribution in [0.2, 0.25) is 0 Å². The molecule has 1 aromatic carbocycles. The summed E-state index contributed by atoms with van der Waals surface area (Å²) in [5, 5.41) is 9.77. The van der Waals surface area contributed by atoms with Crippen LogP contribution in [0.3, 0.4) is 0 Å². The van der Waals surface area contributed by atoms with Gasteiger partial charge in [0.2, 0.25) is 0 Å². The van der Waals surface area contributed by atoms with Crippen molar-refractivity contribution < 1.29 is 5.11 Å². The molecule has 0 aliphatic heterocycles. The Kier molecular flexibility index (Phi) is 3.11. The van der Waals surface area contributed by atoms with Gasteiger partial charge in [-0.3, -0.25) is 0 Å². The minimum Gasteiger partial charge on any atom is -0.395 e. The van der Waals surface area contributed by atoms with Crippen LogP contribution < -0.4 is 0 Å². The van der Waals surface area contributed by atoms with Gasteiger partial charge in [-0.05, 0) is 24.3 Å². The normalized spacial score (nSPS) is 31.5. The lowest BCUT2D eigenvalue weighted by Crippen LogP contribution is -2.40. The minimum atomic E-state index is 0.0273. The molecule has 1 fully saturated rings. The van der Waals surface area contributed by atoms with Gasteiger partial charge in [-0.2, -0.15) is 0 Å². The highest BCUT2D eigenvalue weighted by Gasteiger charge is 2.38. The van der Waals surface area contributed by atoms with Gasteiger partial charge in [0.05, 0.1) is 6.61 Å². The molecule has 0 saturated heterocycles. The highest BCUT2D eigenvalue weighted by atomic mass is 16.3. The Morgan fingerprint density at radius 3 is 2.60 bits per heavy atom. The Morgan fingerprint density at radius 2 is 2.00 bits per heavy atom. The van der Waals surface area contributed by atoms with Crippen LogP contribution in [0, 0.1) is 5.92 Å². The fourth-order valence-electron chi connectivity index (χ4n) is 2.94. The summed E-state index contributed by atoms with van der Waals surface area (Å²) in [4.78, 5) is 0. The van der Waals surface area contributed by atoms with Gasteiger partial charge in [-0.15, -0.1) is 0 Å². The van der Waals surface area contributed by atoms with Crippen LogP contribution in [0.1, 0.15) is 38.2 Å². The SMILES string of the molecule is CC1CCCCC1(CO)c1ccccc1. The standard InChI is InChI=1S/C14H20O/c1-12-7-5-6-10-14(12,11-15)13-8-3-2-4-9-13/h2-4,8-9,12,15H,5-7,10-11H2,1H3. The second-order valence-corrected chi connectivity index (χ2v) is 4.83. The zero-order chi connectivity index (χ0) is 10.7. The van der Waals surface area contributed by atoms with Crippen molar-refractivity contribution in [2.45, 2.75) is 38.0 Å². The Hall–Kier alpha value is -0.820. The number of hydrogen-bond acceptors (Lipinski definition) is 1. The molecule has 1 nitrogen and oxygen atoms in total. The summed E-state index contributed by atoms with van der Waals surface area (Å²) >= 11 is 0. The van der Waals surface area contributed by atoms with Gasteiger partial charge in [0.25, 0.3) is 0 Å². The summed E-state index contributed by atoms with van der Waals surface area (Å²) in [6, 6.07) is 10.5. The van der Waals surface area contributed by atoms with Crippen molar-refractivity contribution in [3.63, 3.8) is 0 Å². The van der Waals surface area contributed by atoms with Crippen molar-refractivity contribution in [2.75, 3.05) is 6.61 Å². The summed E-state index contributed by atoms with van der Waals surface area (Å²) in [5.74, 6) is 0.596. The quantitative estimate of drug-likeness (QED) is 0.784. The van der Waals surface area contributed by atoms with Crippen LogP contribution in [-0.2, 0) is 5.41 Å². The summed E-state index contributed by atoms with van der Waals surface area (Å²) < 4.78 is 0. The number of rotatable bonds is 2. The molecule has 0 heterocycles. The van der Waals surface area contributed by atoms with Gasteiger partial charge in [0.15, 0.2) is 0 Å². The molecule has 1 N–H and O–H groups in total. The van der Waals surface area contributed by atoms with Crippen LogP contribution in [0.15, 0.2) is 30.3 Å². The van der Waals surface area contributed by atoms with Gasteiger partial charge >= 0.3 is 0 Å². The van der Waals surface area contributed by atoms with E-state index in [1.54, 1.807) is 0 Å². The molecule has 0 aromatic heterocycles. The molecular formula is C14H20O. The lowest BCUT2D eigenvalue weighted by molar-refractivity contribution is 0.103. The highest BCUT2D eigenvalue weighted by molar-refractivity contribution is 5.27. The summed E-state index contributed by atoms with van der Waals surface area (Å²) in [7, 11) is 0. The van der Waals surface area contributed by atoms with Crippen molar-refractivity contribution >= 4 is 0 Å². The Labute approximate surface area is 92.1 Å². The molecule has 0 bridgehead atoms. The van der Waals surface area contributed by atoms with E-state index in [-0.39, 0.29) is 12.0 Å². The maximum Gasteiger partial charge on any atom is 0.0530 e. The maximum atomic E-state index is 9.77. The zero-order valence-corrected chi connectivity index (χ0v) is 9.45. The number of aliphatic hydroxyl groups is 1. The summed E-state index contributed by atoms with van der Waals surface area (Å²) in [6.45, 7) is 2.57. The molecule has 2 unspecified atom stereocenters. The molecule has 0 radical (unpaired) electrons. The van der Waals surface area contributed by atoms with Gasteiger partial charge in [-0.25, -0.2) is 0 Å². The third-order valence-corrected chi connectivity index (χ3v) is 4.08. The first-order valence-electron chi connectivity index (χ1n) is 5.96. The maximum absolute atomic E-state index is 9.77. The number of benzene rings is 1. The number of hydrogen-bond donors (Lipinski definition) is 1. The van der Waals surface area contributed by atoms with Crippen LogP contribution in [0.4, 0.5) is 0 Å². The predicted molar refractivity (Wildman–Crippen MR) is 62.8 cm³/mol. The second-order valence-electron chi connectivity index (χ2n) is 4.83. The Morgan fingerprint density at radius 1 is 1.27 bits per heavy atom. The average Bonchev–Trinajstić information content (AvgIpc) is 2.31. The van der Waals surface area contributed by atoms with Crippen molar-refractivity contribution in [3.8, 4) is 0 Å². The topological polar surface area (TPSA) is 20.2 Å². The Bertz CT molecular complexity index is 306. The molecule has 82 valence electrons. The first-order chi connectivity index (χ1) is 7.29. The van der Waals surface area contributed by atoms with E-state index in [1.807, 2.05) is 6.07 Å². The predicted octanol–water partition coefficient (Wildman–Crippen LogP) is 3.13. The molecule has 1 aliphatic rings. The fraction of sp³-hybridized carbons (Fsp3) is 0.571. The van der Waals surface area contributed by atoms with Gasteiger partial charge in [0.1, 0.15) is 0 Å². The van der Waals surface area contributed by atoms with Crippen molar-refractivity contribution in [1.29, 1.82) is 0 Å². The van der Waals surface area contributed by atoms with Crippen LogP contribution in [0.25, 0.3) is 0 Å². The van der Waals surface area contributed by atoms with E-state index in [0.29, 0.717) is 5.92 Å². The van der Waals surface area contributed by atoms with E-state index in [4.69, 9.17) is 0 Å². The summed E-state index contributed by atoms with van der Waals surface area (Å²) in [6.07, 6.45) is 4.94. The Balaban J connectivity index is 2.35. The van der Waals surface area contributed by atoms with E-state index in [1.165, 1.54) is 24.8 Å². The van der Waals surface area contributed by atoms with Crippen molar-refractivity contribution in [2.24, 2.45) is 5.92 Å². The van der Waals surface area contributed by atoms with Gasteiger partial charge in [-0.1, -0.05) is 50.1 Å². The third-order valence-electron chi connectivity index (χ3n) is 4.08. The molecule has 1 heteroatoms. The molecule has 0 spiro atoms. The second kappa shape index (κ2) is 4.36. The van der Waals surface area contributed by atoms with Crippen molar-refractivity contribution in [3.05, 3.63) is 35.9 Å². The molecule has 2 rings (SSSR count). The molecule has 0 amide bonds. The molecular weight excluding hydrogens is 184 g/mol. The lowest BCUT2D eigenvalue weighted by Gasteiger charge is -2.42. The van der Waals surface area contributed by atoms with E-state index in [9.17, 15) is 5.11 Å². The molecule has 1 aromatic rings. The zero-order valence-electron chi connectivity index (χ0n) is 9.45. The van der Waals surface area contributed by atoms with E-state index < -0.39 is 0 Å². The van der Waals surface area contributed by atoms with E-state index >= 15 is 0 Å². The summed E-state index contributed by atoms with van der Waals surface area (Å²) in [5.41, 5.74) is 1.35. The fourth-order valence-corrected chi connectivity index (χ4v) is 2.94. The van der Waals surface area contributed by atoms with Gasteiger partial charge < -0.3 is 5.11 Å². The van der Waals surface area contributed by atoms with E-state index in [2.05, 4.69) is 31.2 Å².